The van der Waals surface area contributed by atoms with Gasteiger partial charge in [-0.2, -0.15) is 13.2 Å². The van der Waals surface area contributed by atoms with E-state index in [4.69, 9.17) is 16.3 Å². The van der Waals surface area contributed by atoms with Crippen LogP contribution >= 0.6 is 11.6 Å². The molecule has 6 heteroatoms. The first-order chi connectivity index (χ1) is 9.46. The smallest absolute Gasteiger partial charge is 0.411 e. The van der Waals surface area contributed by atoms with Crippen LogP contribution in [0, 0.1) is 0 Å². The van der Waals surface area contributed by atoms with Crippen molar-refractivity contribution in [2.45, 2.75) is 30.8 Å². The number of hydrogen-bond donors (Lipinski definition) is 0. The Morgan fingerprint density at radius 1 is 1.35 bits per heavy atom. The average molecular weight is 309 g/mol. The van der Waals surface area contributed by atoms with Crippen LogP contribution in [0.4, 0.5) is 13.2 Å². The number of aryl methyl sites for hydroxylation is 1. The van der Waals surface area contributed by atoms with Gasteiger partial charge in [-0.15, -0.1) is 11.6 Å². The van der Waals surface area contributed by atoms with Crippen LogP contribution in [0.5, 0.6) is 5.75 Å². The third-order valence-electron chi connectivity index (χ3n) is 3.08. The molecular formula is C14H16ClF3O2. The van der Waals surface area contributed by atoms with Gasteiger partial charge in [0.25, 0.3) is 0 Å². The lowest BCUT2D eigenvalue weighted by Gasteiger charge is -2.19. The second-order valence-corrected chi connectivity index (χ2v) is 5.27. The summed E-state index contributed by atoms with van der Waals surface area (Å²) >= 11 is 6.20. The second kappa shape index (κ2) is 6.68. The van der Waals surface area contributed by atoms with Crippen molar-refractivity contribution in [2.24, 2.45) is 0 Å². The van der Waals surface area contributed by atoms with Crippen molar-refractivity contribution in [2.75, 3.05) is 19.8 Å². The van der Waals surface area contributed by atoms with E-state index in [2.05, 4.69) is 4.74 Å². The molecule has 1 aliphatic rings. The van der Waals surface area contributed by atoms with E-state index in [0.29, 0.717) is 6.42 Å². The molecule has 0 fully saturated rings. The van der Waals surface area contributed by atoms with Gasteiger partial charge < -0.3 is 9.47 Å². The highest BCUT2D eigenvalue weighted by atomic mass is 35.5. The Labute approximate surface area is 120 Å². The number of hydrogen-bond acceptors (Lipinski definition) is 2. The zero-order valence-electron chi connectivity index (χ0n) is 10.9. The fourth-order valence-electron chi connectivity index (χ4n) is 2.12. The molecule has 1 aromatic carbocycles. The number of halogens is 4. The molecule has 0 aliphatic carbocycles. The molecule has 1 unspecified atom stereocenters. The monoisotopic (exact) mass is 308 g/mol. The van der Waals surface area contributed by atoms with E-state index in [-0.39, 0.29) is 12.0 Å². The van der Waals surface area contributed by atoms with Gasteiger partial charge in [0, 0.05) is 6.61 Å². The Morgan fingerprint density at radius 2 is 2.15 bits per heavy atom. The summed E-state index contributed by atoms with van der Waals surface area (Å²) in [5.41, 5.74) is 2.00. The van der Waals surface area contributed by atoms with Gasteiger partial charge >= 0.3 is 6.18 Å². The van der Waals surface area contributed by atoms with Crippen LogP contribution in [-0.4, -0.2) is 26.0 Å². The number of benzene rings is 1. The third kappa shape index (κ3) is 4.56. The van der Waals surface area contributed by atoms with Crippen LogP contribution in [0.1, 0.15) is 29.3 Å². The van der Waals surface area contributed by atoms with E-state index in [1.165, 1.54) is 0 Å². The van der Waals surface area contributed by atoms with E-state index in [1.54, 1.807) is 0 Å². The van der Waals surface area contributed by atoms with Crippen molar-refractivity contribution in [3.8, 4) is 5.75 Å². The first kappa shape index (κ1) is 15.4. The van der Waals surface area contributed by atoms with Gasteiger partial charge in [-0.25, -0.2) is 0 Å². The minimum atomic E-state index is -4.29. The summed E-state index contributed by atoms with van der Waals surface area (Å²) in [6, 6.07) is 5.69. The lowest BCUT2D eigenvalue weighted by molar-refractivity contribution is -0.174. The predicted octanol–water partition coefficient (Wildman–Crippen LogP) is 4.26. The van der Waals surface area contributed by atoms with Gasteiger partial charge in [-0.05, 0) is 36.5 Å². The molecule has 0 saturated carbocycles. The molecule has 0 N–H and O–H groups in total. The van der Waals surface area contributed by atoms with Gasteiger partial charge in [0.05, 0.1) is 12.0 Å². The first-order valence-electron chi connectivity index (χ1n) is 6.50. The molecule has 0 saturated heterocycles. The van der Waals surface area contributed by atoms with E-state index in [9.17, 15) is 13.2 Å². The Bertz CT molecular complexity index is 449. The van der Waals surface area contributed by atoms with Crippen molar-refractivity contribution in [3.05, 3.63) is 29.3 Å². The summed E-state index contributed by atoms with van der Waals surface area (Å²) in [7, 11) is 0. The average Bonchev–Trinajstić information content (AvgIpc) is 2.42. The Kier molecular flexibility index (Phi) is 5.16. The second-order valence-electron chi connectivity index (χ2n) is 4.74. The zero-order valence-corrected chi connectivity index (χ0v) is 11.6. The molecule has 2 rings (SSSR count). The molecule has 2 nitrogen and oxygen atoms in total. The van der Waals surface area contributed by atoms with Gasteiger partial charge in [-0.1, -0.05) is 12.1 Å². The van der Waals surface area contributed by atoms with Gasteiger partial charge in [0.2, 0.25) is 0 Å². The molecule has 1 heterocycles. The Balaban J connectivity index is 1.84. The van der Waals surface area contributed by atoms with Crippen LogP contribution in [0.2, 0.25) is 0 Å². The highest BCUT2D eigenvalue weighted by Crippen LogP contribution is 2.31. The maximum atomic E-state index is 11.9. The highest BCUT2D eigenvalue weighted by molar-refractivity contribution is 6.20. The summed E-state index contributed by atoms with van der Waals surface area (Å²) in [4.78, 5) is 0. The van der Waals surface area contributed by atoms with Gasteiger partial charge in [0.1, 0.15) is 12.4 Å². The molecule has 0 aromatic heterocycles. The SMILES string of the molecule is FC(F)(F)COCCC(Cl)c1ccc2c(c1)CCCO2. The molecule has 0 spiro atoms. The van der Waals surface area contributed by atoms with Gasteiger partial charge in [0.15, 0.2) is 0 Å². The lowest BCUT2D eigenvalue weighted by Crippen LogP contribution is -2.17. The molecule has 0 radical (unpaired) electrons. The molecule has 0 bridgehead atoms. The Morgan fingerprint density at radius 3 is 2.90 bits per heavy atom. The summed E-state index contributed by atoms with van der Waals surface area (Å²) in [5.74, 6) is 0.872. The van der Waals surface area contributed by atoms with E-state index in [0.717, 1.165) is 36.3 Å². The number of fused-ring (bicyclic) bond motifs is 1. The molecule has 1 aliphatic heterocycles. The molecular weight excluding hydrogens is 293 g/mol. The normalized spacial score (nSPS) is 16.4. The van der Waals surface area contributed by atoms with E-state index < -0.39 is 12.8 Å². The summed E-state index contributed by atoms with van der Waals surface area (Å²) in [6.45, 7) is -0.516. The highest BCUT2D eigenvalue weighted by Gasteiger charge is 2.27. The number of ether oxygens (including phenoxy) is 2. The first-order valence-corrected chi connectivity index (χ1v) is 6.93. The van der Waals surface area contributed by atoms with Crippen molar-refractivity contribution in [1.29, 1.82) is 0 Å². The standard InChI is InChI=1S/C14H16ClF3O2/c15-12(5-7-19-9-14(16,17)18)10-3-4-13-11(8-10)2-1-6-20-13/h3-4,8,12H,1-2,5-7,9H2. The number of alkyl halides is 4. The predicted molar refractivity (Wildman–Crippen MR) is 70.3 cm³/mol. The van der Waals surface area contributed by atoms with Crippen LogP contribution in [0.3, 0.4) is 0 Å². The molecule has 112 valence electrons. The van der Waals surface area contributed by atoms with Crippen LogP contribution in [0.15, 0.2) is 18.2 Å². The summed E-state index contributed by atoms with van der Waals surface area (Å²) in [6.07, 6.45) is -2.03. The van der Waals surface area contributed by atoms with Crippen molar-refractivity contribution in [3.63, 3.8) is 0 Å². The summed E-state index contributed by atoms with van der Waals surface area (Å²) < 4.78 is 45.8. The third-order valence-corrected chi connectivity index (χ3v) is 3.55. The van der Waals surface area contributed by atoms with Crippen LogP contribution < -0.4 is 4.74 Å². The fourth-order valence-corrected chi connectivity index (χ4v) is 2.34. The Hall–Kier alpha value is -0.940. The molecule has 20 heavy (non-hydrogen) atoms. The van der Waals surface area contributed by atoms with E-state index >= 15 is 0 Å². The number of rotatable bonds is 5. The molecule has 1 aromatic rings. The molecule has 0 amide bonds. The zero-order chi connectivity index (χ0) is 14.6. The topological polar surface area (TPSA) is 18.5 Å². The maximum absolute atomic E-state index is 11.9. The van der Waals surface area contributed by atoms with Crippen molar-refractivity contribution in [1.82, 2.24) is 0 Å². The summed E-state index contributed by atoms with van der Waals surface area (Å²) in [5, 5.41) is -0.351. The largest absolute Gasteiger partial charge is 0.493 e. The van der Waals surface area contributed by atoms with Gasteiger partial charge in [-0.3, -0.25) is 0 Å². The molecule has 1 atom stereocenters. The quantitative estimate of drug-likeness (QED) is 0.598. The van der Waals surface area contributed by atoms with Crippen LogP contribution in [0.25, 0.3) is 0 Å². The minimum Gasteiger partial charge on any atom is -0.493 e. The fraction of sp³-hybridized carbons (Fsp3) is 0.571. The van der Waals surface area contributed by atoms with Crippen LogP contribution in [-0.2, 0) is 11.2 Å². The van der Waals surface area contributed by atoms with E-state index in [1.807, 2.05) is 18.2 Å². The van der Waals surface area contributed by atoms with Crippen molar-refractivity contribution < 1.29 is 22.6 Å². The lowest BCUT2D eigenvalue weighted by atomic mass is 10.0. The van der Waals surface area contributed by atoms with Crippen molar-refractivity contribution >= 4 is 11.6 Å². The maximum Gasteiger partial charge on any atom is 0.411 e. The minimum absolute atomic E-state index is 0.0126.